The predicted octanol–water partition coefficient (Wildman–Crippen LogP) is 4.37. The third-order valence-corrected chi connectivity index (χ3v) is 6.26. The largest absolute Gasteiger partial charge is 0.399 e. The molecular weight excluding hydrogens is 392 g/mol. The van der Waals surface area contributed by atoms with Crippen LogP contribution in [0.3, 0.4) is 0 Å². The fourth-order valence-corrected chi connectivity index (χ4v) is 4.56. The summed E-state index contributed by atoms with van der Waals surface area (Å²) in [6.07, 6.45) is 2.57. The van der Waals surface area contributed by atoms with Crippen LogP contribution in [0.25, 0.3) is 0 Å². The Balaban J connectivity index is 1.47. The summed E-state index contributed by atoms with van der Waals surface area (Å²) in [4.78, 5) is 23.8. The van der Waals surface area contributed by atoms with E-state index in [1.165, 1.54) is 0 Å². The summed E-state index contributed by atoms with van der Waals surface area (Å²) in [6.45, 7) is 0. The highest BCUT2D eigenvalue weighted by molar-refractivity contribution is 8.76. The molecular formula is C20H26N4O2S2. The van der Waals surface area contributed by atoms with E-state index in [1.807, 2.05) is 24.3 Å². The highest BCUT2D eigenvalue weighted by Gasteiger charge is 2.04. The number of anilines is 4. The van der Waals surface area contributed by atoms with Crippen molar-refractivity contribution in [1.29, 1.82) is 0 Å². The maximum absolute atomic E-state index is 11.9. The van der Waals surface area contributed by atoms with E-state index in [2.05, 4.69) is 10.6 Å². The maximum atomic E-state index is 11.9. The van der Waals surface area contributed by atoms with Gasteiger partial charge < -0.3 is 22.1 Å². The summed E-state index contributed by atoms with van der Waals surface area (Å²) in [7, 11) is 3.46. The predicted molar refractivity (Wildman–Crippen MR) is 122 cm³/mol. The molecule has 0 saturated heterocycles. The number of carbonyl (C=O) groups excluding carboxylic acids is 2. The fraction of sp³-hybridized carbons (Fsp3) is 0.300. The molecule has 2 amide bonds. The van der Waals surface area contributed by atoms with Crippen LogP contribution in [0, 0.1) is 0 Å². The second kappa shape index (κ2) is 12.2. The summed E-state index contributed by atoms with van der Waals surface area (Å²) < 4.78 is 0. The minimum Gasteiger partial charge on any atom is -0.399 e. The quantitative estimate of drug-likeness (QED) is 0.245. The summed E-state index contributed by atoms with van der Waals surface area (Å²) >= 11 is 0. The summed E-state index contributed by atoms with van der Waals surface area (Å²) in [5.41, 5.74) is 14.1. The summed E-state index contributed by atoms with van der Waals surface area (Å²) in [5.74, 6) is 1.78. The normalized spacial score (nSPS) is 10.4. The molecule has 6 N–H and O–H groups in total. The third-order valence-electron chi connectivity index (χ3n) is 3.69. The van der Waals surface area contributed by atoms with E-state index in [-0.39, 0.29) is 11.8 Å². The zero-order valence-corrected chi connectivity index (χ0v) is 17.3. The Labute approximate surface area is 173 Å². The van der Waals surface area contributed by atoms with E-state index >= 15 is 0 Å². The Morgan fingerprint density at radius 1 is 0.750 bits per heavy atom. The molecule has 0 bridgehead atoms. The highest BCUT2D eigenvalue weighted by atomic mass is 33.1. The molecule has 2 aromatic carbocycles. The Hall–Kier alpha value is -2.32. The SMILES string of the molecule is Nc1cccc(NC(=O)CCCSSCCCC(=O)Nc2cccc(N)c2)c1. The zero-order valence-electron chi connectivity index (χ0n) is 15.6. The lowest BCUT2D eigenvalue weighted by Crippen LogP contribution is -2.11. The van der Waals surface area contributed by atoms with Crippen LogP contribution in [-0.4, -0.2) is 23.3 Å². The Morgan fingerprint density at radius 2 is 1.18 bits per heavy atom. The Bertz CT molecular complexity index is 721. The zero-order chi connectivity index (χ0) is 20.2. The van der Waals surface area contributed by atoms with Gasteiger partial charge in [0.2, 0.25) is 11.8 Å². The van der Waals surface area contributed by atoms with Gasteiger partial charge in [0.05, 0.1) is 0 Å². The van der Waals surface area contributed by atoms with Gasteiger partial charge in [-0.25, -0.2) is 0 Å². The van der Waals surface area contributed by atoms with E-state index in [0.717, 1.165) is 35.7 Å². The van der Waals surface area contributed by atoms with Crippen molar-refractivity contribution in [2.75, 3.05) is 33.6 Å². The second-order valence-corrected chi connectivity index (χ2v) is 8.90. The molecule has 0 radical (unpaired) electrons. The van der Waals surface area contributed by atoms with Crippen LogP contribution < -0.4 is 22.1 Å². The maximum Gasteiger partial charge on any atom is 0.224 e. The van der Waals surface area contributed by atoms with Gasteiger partial charge in [-0.05, 0) is 49.2 Å². The first-order chi connectivity index (χ1) is 13.5. The molecule has 0 aromatic heterocycles. The number of nitrogens with two attached hydrogens (primary N) is 2. The minimum atomic E-state index is -0.00517. The van der Waals surface area contributed by atoms with Gasteiger partial charge in [0.15, 0.2) is 0 Å². The number of benzene rings is 2. The topological polar surface area (TPSA) is 110 Å². The lowest BCUT2D eigenvalue weighted by Gasteiger charge is -2.06. The number of rotatable bonds is 11. The second-order valence-electron chi connectivity index (χ2n) is 6.20. The highest BCUT2D eigenvalue weighted by Crippen LogP contribution is 2.24. The van der Waals surface area contributed by atoms with E-state index < -0.39 is 0 Å². The van der Waals surface area contributed by atoms with Crippen LogP contribution >= 0.6 is 21.6 Å². The van der Waals surface area contributed by atoms with Gasteiger partial charge in [-0.15, -0.1) is 0 Å². The first-order valence-electron chi connectivity index (χ1n) is 9.08. The van der Waals surface area contributed by atoms with Crippen LogP contribution in [0.1, 0.15) is 25.7 Å². The molecule has 0 fully saturated rings. The molecule has 0 aliphatic carbocycles. The smallest absolute Gasteiger partial charge is 0.224 e. The van der Waals surface area contributed by atoms with Gasteiger partial charge in [-0.1, -0.05) is 33.7 Å². The van der Waals surface area contributed by atoms with Crippen molar-refractivity contribution in [2.45, 2.75) is 25.7 Å². The lowest BCUT2D eigenvalue weighted by molar-refractivity contribution is -0.117. The fourth-order valence-electron chi connectivity index (χ4n) is 2.38. The summed E-state index contributed by atoms with van der Waals surface area (Å²) in [5, 5.41) is 5.69. The molecule has 0 aliphatic rings. The van der Waals surface area contributed by atoms with Gasteiger partial charge >= 0.3 is 0 Å². The average Bonchev–Trinajstić information content (AvgIpc) is 2.64. The van der Waals surface area contributed by atoms with Gasteiger partial charge in [0, 0.05) is 47.1 Å². The number of amides is 2. The average molecular weight is 419 g/mol. The lowest BCUT2D eigenvalue weighted by atomic mass is 10.2. The molecule has 2 rings (SSSR count). The minimum absolute atomic E-state index is 0.00517. The number of hydrogen-bond acceptors (Lipinski definition) is 6. The van der Waals surface area contributed by atoms with E-state index in [1.54, 1.807) is 45.9 Å². The van der Waals surface area contributed by atoms with Crippen molar-refractivity contribution < 1.29 is 9.59 Å². The molecule has 0 heterocycles. The Kier molecular flexibility index (Phi) is 9.57. The van der Waals surface area contributed by atoms with Crippen LogP contribution in [0.15, 0.2) is 48.5 Å². The molecule has 28 heavy (non-hydrogen) atoms. The van der Waals surface area contributed by atoms with Crippen molar-refractivity contribution in [3.05, 3.63) is 48.5 Å². The molecule has 0 spiro atoms. The molecule has 0 unspecified atom stereocenters. The monoisotopic (exact) mass is 418 g/mol. The van der Waals surface area contributed by atoms with E-state index in [0.29, 0.717) is 24.2 Å². The number of nitrogens with one attached hydrogen (secondary N) is 2. The van der Waals surface area contributed by atoms with Crippen LogP contribution in [0.2, 0.25) is 0 Å². The van der Waals surface area contributed by atoms with Crippen LogP contribution in [-0.2, 0) is 9.59 Å². The molecule has 150 valence electrons. The van der Waals surface area contributed by atoms with Gasteiger partial charge in [0.25, 0.3) is 0 Å². The molecule has 0 saturated carbocycles. The summed E-state index contributed by atoms with van der Waals surface area (Å²) in [6, 6.07) is 14.3. The van der Waals surface area contributed by atoms with E-state index in [4.69, 9.17) is 11.5 Å². The number of hydrogen-bond donors (Lipinski definition) is 4. The van der Waals surface area contributed by atoms with Gasteiger partial charge in [-0.2, -0.15) is 0 Å². The number of carbonyl (C=O) groups is 2. The molecule has 6 nitrogen and oxygen atoms in total. The van der Waals surface area contributed by atoms with Gasteiger partial charge in [-0.3, -0.25) is 9.59 Å². The molecule has 2 aromatic rings. The first kappa shape index (κ1) is 22.0. The standard InChI is InChI=1S/C20H26N4O2S2/c21-15-5-1-7-17(13-15)23-19(25)9-3-11-27-28-12-4-10-20(26)24-18-8-2-6-16(22)14-18/h1-2,5-8,13-14H,3-4,9-12,21-22H2,(H,23,25)(H,24,26). The molecule has 0 atom stereocenters. The third kappa shape index (κ3) is 9.05. The Morgan fingerprint density at radius 3 is 1.57 bits per heavy atom. The van der Waals surface area contributed by atoms with Crippen molar-refractivity contribution in [1.82, 2.24) is 0 Å². The van der Waals surface area contributed by atoms with Crippen molar-refractivity contribution in [3.8, 4) is 0 Å². The van der Waals surface area contributed by atoms with Gasteiger partial charge in [0.1, 0.15) is 0 Å². The first-order valence-corrected chi connectivity index (χ1v) is 11.6. The van der Waals surface area contributed by atoms with Crippen molar-refractivity contribution in [3.63, 3.8) is 0 Å². The van der Waals surface area contributed by atoms with E-state index in [9.17, 15) is 9.59 Å². The van der Waals surface area contributed by atoms with Crippen LogP contribution in [0.4, 0.5) is 22.7 Å². The van der Waals surface area contributed by atoms with Crippen LogP contribution in [0.5, 0.6) is 0 Å². The van der Waals surface area contributed by atoms with Crippen molar-refractivity contribution in [2.24, 2.45) is 0 Å². The van der Waals surface area contributed by atoms with Crippen molar-refractivity contribution >= 4 is 56.2 Å². The molecule has 8 heteroatoms. The molecule has 0 aliphatic heterocycles. The number of nitrogen functional groups attached to an aromatic ring is 2.